The lowest BCUT2D eigenvalue weighted by atomic mass is 10.00. The average molecular weight is 600 g/mol. The second-order valence-corrected chi connectivity index (χ2v) is 14.7. The van der Waals surface area contributed by atoms with Gasteiger partial charge in [0.1, 0.15) is 4.75 Å². The summed E-state index contributed by atoms with van der Waals surface area (Å²) in [6.07, 6.45) is 0. The third-order valence-corrected chi connectivity index (χ3v) is 10.4. The number of hydrogen-bond donors (Lipinski definition) is 2. The van der Waals surface area contributed by atoms with E-state index in [1.165, 1.54) is 11.8 Å². The highest BCUT2D eigenvalue weighted by Crippen LogP contribution is 2.51. The van der Waals surface area contributed by atoms with E-state index in [1.54, 1.807) is 25.7 Å². The van der Waals surface area contributed by atoms with Gasteiger partial charge in [0.25, 0.3) is 0 Å². The summed E-state index contributed by atoms with van der Waals surface area (Å²) in [7, 11) is -3.72. The number of aromatic amines is 1. The number of anilines is 1. The third kappa shape index (κ3) is 4.83. The van der Waals surface area contributed by atoms with Crippen LogP contribution in [0.4, 0.5) is 5.69 Å². The van der Waals surface area contributed by atoms with Crippen LogP contribution in [0.25, 0.3) is 11.0 Å². The summed E-state index contributed by atoms with van der Waals surface area (Å²) in [6, 6.07) is 23.0. The van der Waals surface area contributed by atoms with Gasteiger partial charge in [-0.1, -0.05) is 70.2 Å². The Morgan fingerprint density at radius 1 is 1.03 bits per heavy atom. The maximum atomic E-state index is 14.4. The second kappa shape index (κ2) is 9.58. The minimum absolute atomic E-state index is 0.110. The highest BCUT2D eigenvalue weighted by atomic mass is 79.9. The fraction of sp³-hybridized carbons (Fsp3) is 0.259. The van der Waals surface area contributed by atoms with Crippen molar-refractivity contribution in [2.45, 2.75) is 42.0 Å². The fourth-order valence-corrected chi connectivity index (χ4v) is 6.74. The van der Waals surface area contributed by atoms with Gasteiger partial charge in [-0.05, 0) is 56.7 Å². The maximum Gasteiger partial charge on any atom is 0.249 e. The van der Waals surface area contributed by atoms with Crippen LogP contribution in [-0.4, -0.2) is 35.6 Å². The number of benzene rings is 3. The Hall–Kier alpha value is -2.66. The van der Waals surface area contributed by atoms with Crippen LogP contribution in [-0.2, 0) is 26.1 Å². The van der Waals surface area contributed by atoms with Crippen LogP contribution >= 0.6 is 27.7 Å². The van der Waals surface area contributed by atoms with Crippen LogP contribution in [0.3, 0.4) is 0 Å². The number of imidazole rings is 1. The van der Waals surface area contributed by atoms with Crippen molar-refractivity contribution < 1.29 is 13.2 Å². The number of carbonyl (C=O) groups is 1. The number of hydrogen-bond acceptors (Lipinski definition) is 5. The Bertz CT molecular complexity index is 1550. The standard InChI is InChI=1S/C27H27BrN4O3S2/c1-26(2,3)37(34,35)29-17-27(36-25-30-21-9-5-6-10-22(21)31-25)20-8-4-7-11-23(20)32(24(27)33)16-18-12-14-19(28)15-13-18/h4-15,29H,16-17H2,1-3H3,(H,30,31). The van der Waals surface area contributed by atoms with E-state index in [0.29, 0.717) is 11.7 Å². The molecule has 1 aliphatic rings. The molecule has 2 N–H and O–H groups in total. The minimum atomic E-state index is -3.72. The van der Waals surface area contributed by atoms with E-state index in [9.17, 15) is 13.2 Å². The average Bonchev–Trinajstić information content (AvgIpc) is 3.36. The Kier molecular flexibility index (Phi) is 6.72. The first-order chi connectivity index (χ1) is 17.5. The van der Waals surface area contributed by atoms with Crippen molar-refractivity contribution in [3.63, 3.8) is 0 Å². The molecule has 0 aliphatic carbocycles. The van der Waals surface area contributed by atoms with E-state index in [-0.39, 0.29) is 12.5 Å². The predicted molar refractivity (Wildman–Crippen MR) is 152 cm³/mol. The molecular formula is C27H27BrN4O3S2. The minimum Gasteiger partial charge on any atom is -0.333 e. The number of fused-ring (bicyclic) bond motifs is 2. The van der Waals surface area contributed by atoms with Crippen molar-refractivity contribution >= 4 is 60.3 Å². The number of para-hydroxylation sites is 3. The number of carbonyl (C=O) groups excluding carboxylic acids is 1. The molecule has 0 spiro atoms. The van der Waals surface area contributed by atoms with Crippen molar-refractivity contribution in [3.05, 3.63) is 88.4 Å². The van der Waals surface area contributed by atoms with Gasteiger partial charge in [-0.25, -0.2) is 18.1 Å². The van der Waals surface area contributed by atoms with Crippen LogP contribution in [0.1, 0.15) is 31.9 Å². The molecule has 0 bridgehead atoms. The number of amides is 1. The molecule has 3 aromatic carbocycles. The number of aromatic nitrogens is 2. The summed E-state index contributed by atoms with van der Waals surface area (Å²) in [4.78, 5) is 24.1. The van der Waals surface area contributed by atoms with Crippen molar-refractivity contribution in [2.75, 3.05) is 11.4 Å². The van der Waals surface area contributed by atoms with E-state index in [1.807, 2.05) is 72.8 Å². The number of nitrogens with zero attached hydrogens (tertiary/aromatic N) is 2. The quantitative estimate of drug-likeness (QED) is 0.289. The number of H-pyrrole nitrogens is 1. The first-order valence-corrected chi connectivity index (χ1v) is 14.9. The summed E-state index contributed by atoms with van der Waals surface area (Å²) in [5, 5.41) is 0.546. The van der Waals surface area contributed by atoms with Gasteiger partial charge in [0.15, 0.2) is 5.16 Å². The molecule has 10 heteroatoms. The zero-order valence-electron chi connectivity index (χ0n) is 20.7. The highest BCUT2D eigenvalue weighted by molar-refractivity contribution is 9.10. The molecule has 1 amide bonds. The van der Waals surface area contributed by atoms with Gasteiger partial charge < -0.3 is 9.88 Å². The topological polar surface area (TPSA) is 95.2 Å². The summed E-state index contributed by atoms with van der Waals surface area (Å²) < 4.78 is 27.6. The molecule has 5 rings (SSSR count). The number of sulfonamides is 1. The number of rotatable bonds is 7. The number of thioether (sulfide) groups is 1. The van der Waals surface area contributed by atoms with Crippen LogP contribution in [0.5, 0.6) is 0 Å². The second-order valence-electron chi connectivity index (χ2n) is 9.96. The van der Waals surface area contributed by atoms with Crippen molar-refractivity contribution in [1.82, 2.24) is 14.7 Å². The first-order valence-electron chi connectivity index (χ1n) is 11.8. The van der Waals surface area contributed by atoms with Gasteiger partial charge in [0.05, 0.1) is 22.3 Å². The van der Waals surface area contributed by atoms with Gasteiger partial charge >= 0.3 is 0 Å². The molecule has 0 saturated carbocycles. The van der Waals surface area contributed by atoms with Crippen LogP contribution < -0.4 is 9.62 Å². The highest BCUT2D eigenvalue weighted by Gasteiger charge is 2.53. The molecule has 2 heterocycles. The molecule has 0 saturated heterocycles. The molecule has 7 nitrogen and oxygen atoms in total. The zero-order chi connectivity index (χ0) is 26.4. The summed E-state index contributed by atoms with van der Waals surface area (Å²) in [5.41, 5.74) is 4.10. The predicted octanol–water partition coefficient (Wildman–Crippen LogP) is 5.58. The van der Waals surface area contributed by atoms with Crippen molar-refractivity contribution in [1.29, 1.82) is 0 Å². The SMILES string of the molecule is CC(C)(C)S(=O)(=O)NCC1(Sc2nc3ccccc3[nH]2)C(=O)N(Cc2ccc(Br)cc2)c2ccccc21. The van der Waals surface area contributed by atoms with Gasteiger partial charge in [0.2, 0.25) is 15.9 Å². The molecule has 1 aliphatic heterocycles. The van der Waals surface area contributed by atoms with Gasteiger partial charge in [0, 0.05) is 22.3 Å². The first kappa shape index (κ1) is 26.0. The molecular weight excluding hydrogens is 572 g/mol. The van der Waals surface area contributed by atoms with E-state index in [0.717, 1.165) is 32.3 Å². The lowest BCUT2D eigenvalue weighted by Gasteiger charge is -2.29. The largest absolute Gasteiger partial charge is 0.333 e. The zero-order valence-corrected chi connectivity index (χ0v) is 23.9. The smallest absolute Gasteiger partial charge is 0.249 e. The monoisotopic (exact) mass is 598 g/mol. The van der Waals surface area contributed by atoms with E-state index in [2.05, 4.69) is 25.6 Å². The van der Waals surface area contributed by atoms with Gasteiger partial charge in [-0.15, -0.1) is 0 Å². The lowest BCUT2D eigenvalue weighted by molar-refractivity contribution is -0.120. The van der Waals surface area contributed by atoms with Gasteiger partial charge in [-0.3, -0.25) is 4.79 Å². The lowest BCUT2D eigenvalue weighted by Crippen LogP contribution is -2.49. The molecule has 0 radical (unpaired) electrons. The van der Waals surface area contributed by atoms with Crippen molar-refractivity contribution in [3.8, 4) is 0 Å². The maximum absolute atomic E-state index is 14.4. The van der Waals surface area contributed by atoms with E-state index in [4.69, 9.17) is 4.98 Å². The molecule has 4 aromatic rings. The normalized spacial score (nSPS) is 17.9. The molecule has 37 heavy (non-hydrogen) atoms. The van der Waals surface area contributed by atoms with E-state index >= 15 is 0 Å². The Morgan fingerprint density at radius 3 is 2.41 bits per heavy atom. The Labute approximate surface area is 229 Å². The van der Waals surface area contributed by atoms with Crippen LogP contribution in [0.2, 0.25) is 0 Å². The third-order valence-electron chi connectivity index (χ3n) is 6.43. The Balaban J connectivity index is 1.60. The summed E-state index contributed by atoms with van der Waals surface area (Å²) >= 11 is 4.71. The van der Waals surface area contributed by atoms with Crippen LogP contribution in [0, 0.1) is 0 Å². The fourth-order valence-electron chi connectivity index (χ4n) is 4.28. The van der Waals surface area contributed by atoms with E-state index < -0.39 is 19.5 Å². The van der Waals surface area contributed by atoms with Gasteiger partial charge in [-0.2, -0.15) is 0 Å². The molecule has 1 unspecified atom stereocenters. The summed E-state index contributed by atoms with van der Waals surface area (Å²) in [6.45, 7) is 5.16. The summed E-state index contributed by atoms with van der Waals surface area (Å²) in [5.74, 6) is -0.196. The van der Waals surface area contributed by atoms with Crippen molar-refractivity contribution in [2.24, 2.45) is 0 Å². The number of nitrogens with one attached hydrogen (secondary N) is 2. The molecule has 1 atom stereocenters. The molecule has 192 valence electrons. The van der Waals surface area contributed by atoms with Crippen LogP contribution in [0.15, 0.2) is 82.4 Å². The number of halogens is 1. The Morgan fingerprint density at radius 2 is 1.70 bits per heavy atom. The molecule has 1 aromatic heterocycles. The molecule has 0 fully saturated rings.